The summed E-state index contributed by atoms with van der Waals surface area (Å²) in [5.41, 5.74) is 3.17. The van der Waals surface area contributed by atoms with Crippen LogP contribution in [0.1, 0.15) is 67.9 Å². The maximum absolute atomic E-state index is 14.1. The van der Waals surface area contributed by atoms with Gasteiger partial charge in [-0.25, -0.2) is 14.8 Å². The van der Waals surface area contributed by atoms with Gasteiger partial charge in [0.25, 0.3) is 0 Å². The lowest BCUT2D eigenvalue weighted by Gasteiger charge is -2.34. The normalized spacial score (nSPS) is 17.2. The van der Waals surface area contributed by atoms with E-state index in [1.807, 2.05) is 35.7 Å². The molecule has 10 heteroatoms. The Balaban J connectivity index is 1.45. The minimum Gasteiger partial charge on any atom is -0.461 e. The highest BCUT2D eigenvalue weighted by atomic mass is 32.1. The monoisotopic (exact) mass is 575 g/mol. The fourth-order valence-corrected chi connectivity index (χ4v) is 6.50. The van der Waals surface area contributed by atoms with Crippen LogP contribution in [0.4, 0.5) is 0 Å². The SMILES string of the molecule is CCOC(=O)c1cc(-c2csc(C3=CCCN3C(=O)[C@@H](NC(=O)[C@H](C)NC)C3CCCCC3)n2)c2ccccc2n1. The van der Waals surface area contributed by atoms with Crippen LogP contribution in [0.2, 0.25) is 0 Å². The minimum atomic E-state index is -0.573. The summed E-state index contributed by atoms with van der Waals surface area (Å²) in [6, 6.07) is 8.40. The van der Waals surface area contributed by atoms with Crippen molar-refractivity contribution in [2.24, 2.45) is 5.92 Å². The third-order valence-corrected chi connectivity index (χ3v) is 8.82. The number of nitrogens with one attached hydrogen (secondary N) is 2. The number of fused-ring (bicyclic) bond motifs is 1. The van der Waals surface area contributed by atoms with E-state index in [0.29, 0.717) is 17.8 Å². The van der Waals surface area contributed by atoms with Gasteiger partial charge in [-0.2, -0.15) is 0 Å². The Morgan fingerprint density at radius 1 is 1.15 bits per heavy atom. The zero-order valence-corrected chi connectivity index (χ0v) is 24.6. The summed E-state index contributed by atoms with van der Waals surface area (Å²) in [4.78, 5) is 50.7. The number of para-hydroxylation sites is 1. The maximum atomic E-state index is 14.1. The van der Waals surface area contributed by atoms with Gasteiger partial charge in [-0.15, -0.1) is 11.3 Å². The van der Waals surface area contributed by atoms with Gasteiger partial charge in [0.15, 0.2) is 0 Å². The lowest BCUT2D eigenvalue weighted by molar-refractivity contribution is -0.136. The number of pyridine rings is 1. The number of rotatable bonds is 9. The van der Waals surface area contributed by atoms with Crippen LogP contribution < -0.4 is 10.6 Å². The van der Waals surface area contributed by atoms with E-state index in [2.05, 4.69) is 15.6 Å². The largest absolute Gasteiger partial charge is 0.461 e. The average Bonchev–Trinajstić information content (AvgIpc) is 3.69. The van der Waals surface area contributed by atoms with Crippen LogP contribution in [0.3, 0.4) is 0 Å². The van der Waals surface area contributed by atoms with E-state index in [1.54, 1.807) is 31.9 Å². The summed E-state index contributed by atoms with van der Waals surface area (Å²) >= 11 is 1.46. The molecule has 1 aromatic carbocycles. The number of aromatic nitrogens is 2. The number of amides is 2. The van der Waals surface area contributed by atoms with Crippen molar-refractivity contribution in [2.75, 3.05) is 20.2 Å². The molecule has 5 rings (SSSR count). The second kappa shape index (κ2) is 12.9. The Morgan fingerprint density at radius 3 is 2.68 bits per heavy atom. The van der Waals surface area contributed by atoms with Gasteiger partial charge in [0.1, 0.15) is 16.7 Å². The number of nitrogens with zero attached hydrogens (tertiary/aromatic N) is 3. The molecule has 0 saturated heterocycles. The average molecular weight is 576 g/mol. The van der Waals surface area contributed by atoms with E-state index < -0.39 is 18.1 Å². The molecule has 2 aliphatic rings. The topological polar surface area (TPSA) is 114 Å². The summed E-state index contributed by atoms with van der Waals surface area (Å²) in [5.74, 6) is -0.608. The number of benzene rings is 1. The molecule has 0 unspecified atom stereocenters. The molecule has 1 aliphatic carbocycles. The molecule has 2 aromatic heterocycles. The molecule has 2 N–H and O–H groups in total. The standard InChI is InChI=1S/C31H37N5O4S/c1-4-40-31(39)24-17-22(21-13-8-9-14-23(21)33-24)25-18-41-29(34-25)26-15-10-16-36(26)30(38)27(20-11-6-5-7-12-20)35-28(37)19(2)32-3/h8-9,13-15,17-20,27,32H,4-7,10-12,16H2,1-3H3,(H,35,37)/t19-,27-/m0/s1. The van der Waals surface area contributed by atoms with E-state index >= 15 is 0 Å². The second-order valence-electron chi connectivity index (χ2n) is 10.6. The number of likely N-dealkylation sites (N-methyl/N-ethyl adjacent to an activating group) is 1. The number of esters is 1. The molecule has 1 aliphatic heterocycles. The highest BCUT2D eigenvalue weighted by Gasteiger charge is 2.37. The van der Waals surface area contributed by atoms with E-state index in [1.165, 1.54) is 11.3 Å². The van der Waals surface area contributed by atoms with Gasteiger partial charge in [0, 0.05) is 22.9 Å². The van der Waals surface area contributed by atoms with Crippen LogP contribution in [-0.4, -0.2) is 64.9 Å². The number of hydrogen-bond donors (Lipinski definition) is 2. The first-order valence-corrected chi connectivity index (χ1v) is 15.3. The molecule has 9 nitrogen and oxygen atoms in total. The van der Waals surface area contributed by atoms with Crippen molar-refractivity contribution in [1.82, 2.24) is 25.5 Å². The molecule has 3 heterocycles. The van der Waals surface area contributed by atoms with Crippen molar-refractivity contribution in [2.45, 2.75) is 64.5 Å². The molecule has 3 aromatic rings. The van der Waals surface area contributed by atoms with Gasteiger partial charge < -0.3 is 20.3 Å². The van der Waals surface area contributed by atoms with Gasteiger partial charge in [-0.3, -0.25) is 9.59 Å². The molecule has 216 valence electrons. The van der Waals surface area contributed by atoms with Crippen molar-refractivity contribution in [3.63, 3.8) is 0 Å². The Labute approximate surface area is 244 Å². The number of hydrogen-bond acceptors (Lipinski definition) is 8. The fourth-order valence-electron chi connectivity index (χ4n) is 5.63. The van der Waals surface area contributed by atoms with Gasteiger partial charge in [-0.05, 0) is 58.2 Å². The first-order valence-electron chi connectivity index (χ1n) is 14.4. The predicted octanol–water partition coefficient (Wildman–Crippen LogP) is 4.78. The van der Waals surface area contributed by atoms with E-state index in [0.717, 1.165) is 60.2 Å². The summed E-state index contributed by atoms with van der Waals surface area (Å²) in [5, 5.41) is 9.60. The first kappa shape index (κ1) is 28.9. The van der Waals surface area contributed by atoms with Crippen molar-refractivity contribution >= 4 is 45.7 Å². The summed E-state index contributed by atoms with van der Waals surface area (Å²) in [6.45, 7) is 4.37. The zero-order valence-electron chi connectivity index (χ0n) is 23.8. The highest BCUT2D eigenvalue weighted by molar-refractivity contribution is 7.11. The van der Waals surface area contributed by atoms with Crippen LogP contribution in [0.25, 0.3) is 27.9 Å². The molecule has 0 spiro atoms. The third kappa shape index (κ3) is 6.18. The number of thiazole rings is 1. The van der Waals surface area contributed by atoms with Crippen molar-refractivity contribution in [1.29, 1.82) is 0 Å². The maximum Gasteiger partial charge on any atom is 0.356 e. The first-order chi connectivity index (χ1) is 19.9. The van der Waals surface area contributed by atoms with Crippen LogP contribution in [0, 0.1) is 5.92 Å². The van der Waals surface area contributed by atoms with Crippen LogP contribution in [0.5, 0.6) is 0 Å². The zero-order chi connectivity index (χ0) is 28.9. The second-order valence-corrected chi connectivity index (χ2v) is 11.5. The molecular weight excluding hydrogens is 538 g/mol. The smallest absolute Gasteiger partial charge is 0.356 e. The predicted molar refractivity (Wildman–Crippen MR) is 160 cm³/mol. The molecule has 2 amide bonds. The molecule has 1 saturated carbocycles. The lowest BCUT2D eigenvalue weighted by atomic mass is 9.83. The van der Waals surface area contributed by atoms with Gasteiger partial charge in [0.2, 0.25) is 11.8 Å². The molecular formula is C31H37N5O4S. The fraction of sp³-hybridized carbons (Fsp3) is 0.452. The summed E-state index contributed by atoms with van der Waals surface area (Å²) < 4.78 is 5.21. The minimum absolute atomic E-state index is 0.0759. The molecule has 0 bridgehead atoms. The van der Waals surface area contributed by atoms with E-state index in [-0.39, 0.29) is 30.0 Å². The number of carbonyl (C=O) groups is 3. The lowest BCUT2D eigenvalue weighted by Crippen LogP contribution is -2.55. The molecule has 1 fully saturated rings. The van der Waals surface area contributed by atoms with Crippen LogP contribution >= 0.6 is 11.3 Å². The Kier molecular flexibility index (Phi) is 9.09. The van der Waals surface area contributed by atoms with E-state index in [4.69, 9.17) is 9.72 Å². The van der Waals surface area contributed by atoms with Crippen molar-refractivity contribution in [3.8, 4) is 11.3 Å². The molecule has 2 atom stereocenters. The van der Waals surface area contributed by atoms with Gasteiger partial charge in [-0.1, -0.05) is 43.5 Å². The summed E-state index contributed by atoms with van der Waals surface area (Å²) in [7, 11) is 1.74. The Morgan fingerprint density at radius 2 is 1.93 bits per heavy atom. The number of ether oxygens (including phenoxy) is 1. The van der Waals surface area contributed by atoms with Crippen LogP contribution in [-0.2, 0) is 14.3 Å². The molecule has 0 radical (unpaired) electrons. The highest BCUT2D eigenvalue weighted by Crippen LogP contribution is 2.36. The van der Waals surface area contributed by atoms with Gasteiger partial charge >= 0.3 is 5.97 Å². The third-order valence-electron chi connectivity index (χ3n) is 7.96. The molecule has 41 heavy (non-hydrogen) atoms. The van der Waals surface area contributed by atoms with E-state index in [9.17, 15) is 14.4 Å². The van der Waals surface area contributed by atoms with Crippen LogP contribution in [0.15, 0.2) is 41.8 Å². The van der Waals surface area contributed by atoms with Crippen molar-refractivity contribution < 1.29 is 19.1 Å². The Bertz CT molecular complexity index is 1460. The summed E-state index contributed by atoms with van der Waals surface area (Å²) in [6.07, 6.45) is 7.92. The quantitative estimate of drug-likeness (QED) is 0.353. The van der Waals surface area contributed by atoms with Gasteiger partial charge in [0.05, 0.1) is 29.6 Å². The number of carbonyl (C=O) groups excluding carboxylic acids is 3. The Hall–Kier alpha value is -3.63. The van der Waals surface area contributed by atoms with Crippen molar-refractivity contribution in [3.05, 3.63) is 52.5 Å².